The molecule has 208 valence electrons. The van der Waals surface area contributed by atoms with Gasteiger partial charge in [0.2, 0.25) is 0 Å². The van der Waals surface area contributed by atoms with Crippen molar-refractivity contribution in [3.63, 3.8) is 0 Å². The lowest BCUT2D eigenvalue weighted by molar-refractivity contribution is 0.0457. The summed E-state index contributed by atoms with van der Waals surface area (Å²) >= 11 is 0. The Balaban J connectivity index is 1.51. The molecule has 0 aliphatic carbocycles. The molecule has 0 spiro atoms. The zero-order valence-corrected chi connectivity index (χ0v) is 22.2. The van der Waals surface area contributed by atoms with Crippen LogP contribution in [0.15, 0.2) is 84.9 Å². The van der Waals surface area contributed by atoms with Crippen LogP contribution in [0.4, 0.5) is 0 Å². The molecule has 9 nitrogen and oxygen atoms in total. The van der Waals surface area contributed by atoms with Gasteiger partial charge >= 0.3 is 23.9 Å². The average Bonchev–Trinajstić information content (AvgIpc) is 2.96. The van der Waals surface area contributed by atoms with E-state index in [1.807, 2.05) is 38.1 Å². The lowest BCUT2D eigenvalue weighted by Gasteiger charge is -2.12. The van der Waals surface area contributed by atoms with Crippen LogP contribution in [0.3, 0.4) is 0 Å². The van der Waals surface area contributed by atoms with Gasteiger partial charge in [0.25, 0.3) is 0 Å². The number of carbonyl (C=O) groups excluding carboxylic acids is 2. The van der Waals surface area contributed by atoms with E-state index in [0.29, 0.717) is 0 Å². The minimum atomic E-state index is -1.38. The molecule has 0 radical (unpaired) electrons. The number of carboxylic acid groups (broad SMARTS) is 2. The van der Waals surface area contributed by atoms with Crippen LogP contribution < -0.4 is 4.74 Å². The van der Waals surface area contributed by atoms with Gasteiger partial charge in [-0.3, -0.25) is 0 Å². The van der Waals surface area contributed by atoms with Crippen molar-refractivity contribution in [1.82, 2.24) is 0 Å². The van der Waals surface area contributed by atoms with Gasteiger partial charge in [-0.15, -0.1) is 0 Å². The van der Waals surface area contributed by atoms with Crippen molar-refractivity contribution in [2.24, 2.45) is 0 Å². The Morgan fingerprint density at radius 1 is 0.537 bits per heavy atom. The van der Waals surface area contributed by atoms with Crippen LogP contribution in [0.2, 0.25) is 0 Å². The summed E-state index contributed by atoms with van der Waals surface area (Å²) in [4.78, 5) is 49.1. The van der Waals surface area contributed by atoms with Crippen molar-refractivity contribution in [3.8, 4) is 11.5 Å². The fraction of sp³-hybridized carbons (Fsp3) is 0.125. The van der Waals surface area contributed by atoms with E-state index in [0.717, 1.165) is 28.3 Å². The molecule has 0 saturated carbocycles. The lowest BCUT2D eigenvalue weighted by atomic mass is 10.1. The minimum Gasteiger partial charge on any atom is -0.478 e. The summed E-state index contributed by atoms with van der Waals surface area (Å²) in [5.74, 6) is -4.30. The van der Waals surface area contributed by atoms with Crippen molar-refractivity contribution in [2.75, 3.05) is 0 Å². The highest BCUT2D eigenvalue weighted by molar-refractivity contribution is 6.03. The quantitative estimate of drug-likeness (QED) is 0.219. The van der Waals surface area contributed by atoms with Gasteiger partial charge in [0, 0.05) is 0 Å². The van der Waals surface area contributed by atoms with Gasteiger partial charge in [-0.2, -0.15) is 0 Å². The first-order valence-electron chi connectivity index (χ1n) is 12.5. The number of hydrogen-bond acceptors (Lipinski definition) is 7. The Bertz CT molecular complexity index is 1600. The number of carboxylic acids is 2. The highest BCUT2D eigenvalue weighted by Crippen LogP contribution is 2.28. The van der Waals surface area contributed by atoms with Crippen LogP contribution in [0.5, 0.6) is 11.5 Å². The highest BCUT2D eigenvalue weighted by atomic mass is 16.5. The lowest BCUT2D eigenvalue weighted by Crippen LogP contribution is -2.12. The van der Waals surface area contributed by atoms with E-state index in [1.54, 1.807) is 24.3 Å². The Kier molecular flexibility index (Phi) is 8.79. The number of aryl methyl sites for hydroxylation is 2. The van der Waals surface area contributed by atoms with E-state index in [1.165, 1.54) is 30.3 Å². The maximum Gasteiger partial charge on any atom is 0.339 e. The molecule has 0 bridgehead atoms. The molecule has 0 aromatic heterocycles. The summed E-state index contributed by atoms with van der Waals surface area (Å²) in [6, 6.07) is 22.2. The highest BCUT2D eigenvalue weighted by Gasteiger charge is 2.22. The van der Waals surface area contributed by atoms with Crippen molar-refractivity contribution in [2.45, 2.75) is 27.1 Å². The molecule has 0 aliphatic heterocycles. The van der Waals surface area contributed by atoms with E-state index in [4.69, 9.17) is 14.2 Å². The molecule has 0 heterocycles. The van der Waals surface area contributed by atoms with Gasteiger partial charge < -0.3 is 24.4 Å². The number of ether oxygens (including phenoxy) is 3. The maximum absolute atomic E-state index is 12.8. The number of carbonyl (C=O) groups is 4. The molecule has 0 atom stereocenters. The van der Waals surface area contributed by atoms with Crippen molar-refractivity contribution in [1.29, 1.82) is 0 Å². The number of hydrogen-bond donors (Lipinski definition) is 2. The first kappa shape index (κ1) is 28.6. The van der Waals surface area contributed by atoms with Gasteiger partial charge in [-0.05, 0) is 61.4 Å². The fourth-order valence-corrected chi connectivity index (χ4v) is 3.84. The van der Waals surface area contributed by atoms with Crippen LogP contribution >= 0.6 is 0 Å². The van der Waals surface area contributed by atoms with E-state index < -0.39 is 23.9 Å². The van der Waals surface area contributed by atoms with Crippen LogP contribution in [-0.4, -0.2) is 34.1 Å². The fourth-order valence-electron chi connectivity index (χ4n) is 3.84. The van der Waals surface area contributed by atoms with Crippen LogP contribution in [0.1, 0.15) is 63.7 Å². The molecule has 2 N–H and O–H groups in total. The maximum atomic E-state index is 12.8. The summed E-state index contributed by atoms with van der Waals surface area (Å²) in [6.07, 6.45) is 0. The summed E-state index contributed by atoms with van der Waals surface area (Å²) < 4.78 is 16.3. The van der Waals surface area contributed by atoms with Gasteiger partial charge in [-0.1, -0.05) is 59.7 Å². The van der Waals surface area contributed by atoms with Gasteiger partial charge in [-0.25, -0.2) is 19.2 Å². The van der Waals surface area contributed by atoms with Crippen LogP contribution in [-0.2, 0) is 22.7 Å². The van der Waals surface area contributed by atoms with Gasteiger partial charge in [0.1, 0.15) is 24.7 Å². The third-order valence-corrected chi connectivity index (χ3v) is 6.10. The molecule has 41 heavy (non-hydrogen) atoms. The largest absolute Gasteiger partial charge is 0.478 e. The molecule has 0 amide bonds. The molecular formula is C32H26O9. The third-order valence-electron chi connectivity index (χ3n) is 6.10. The molecular weight excluding hydrogens is 528 g/mol. The Hall–Kier alpha value is -5.44. The van der Waals surface area contributed by atoms with Crippen molar-refractivity contribution >= 4 is 23.9 Å². The number of benzene rings is 4. The van der Waals surface area contributed by atoms with E-state index in [-0.39, 0.29) is 47.0 Å². The van der Waals surface area contributed by atoms with Gasteiger partial charge in [0.05, 0.1) is 22.3 Å². The van der Waals surface area contributed by atoms with Crippen LogP contribution in [0.25, 0.3) is 0 Å². The number of rotatable bonds is 10. The predicted octanol–water partition coefficient (Wildman–Crippen LogP) is 6.21. The Morgan fingerprint density at radius 3 is 1.41 bits per heavy atom. The van der Waals surface area contributed by atoms with Crippen molar-refractivity contribution < 1.29 is 43.6 Å². The molecule has 4 rings (SSSR count). The summed E-state index contributed by atoms with van der Waals surface area (Å²) in [6.45, 7) is 3.76. The average molecular weight is 555 g/mol. The van der Waals surface area contributed by atoms with E-state index in [9.17, 15) is 29.4 Å². The topological polar surface area (TPSA) is 136 Å². The normalized spacial score (nSPS) is 10.5. The summed E-state index contributed by atoms with van der Waals surface area (Å²) in [5.41, 5.74) is 2.52. The standard InChI is InChI=1S/C32H26O9/c1-19-3-7-21(8-4-19)17-39-31(37)26-14-12-23(15-27(26)30(35)36)41-24-11-13-25(29(33)34)28(16-24)32(38)40-18-22-9-5-20(2)6-10-22/h3-16H,17-18H2,1-2H3,(H,33,34)(H,35,36). The first-order valence-corrected chi connectivity index (χ1v) is 12.5. The molecule has 0 fully saturated rings. The second kappa shape index (κ2) is 12.6. The summed E-state index contributed by atoms with van der Waals surface area (Å²) in [7, 11) is 0. The summed E-state index contributed by atoms with van der Waals surface area (Å²) in [5, 5.41) is 19.3. The zero-order chi connectivity index (χ0) is 29.5. The zero-order valence-electron chi connectivity index (χ0n) is 22.2. The van der Waals surface area contributed by atoms with E-state index in [2.05, 4.69) is 0 Å². The Labute approximate surface area is 235 Å². The number of aromatic carboxylic acids is 2. The molecule has 0 saturated heterocycles. The SMILES string of the molecule is Cc1ccc(COC(=O)c2ccc(Oc3ccc(C(=O)O)c(C(=O)OCc4ccc(C)cc4)c3)cc2C(=O)O)cc1. The van der Waals surface area contributed by atoms with Gasteiger partial charge in [0.15, 0.2) is 0 Å². The van der Waals surface area contributed by atoms with Crippen molar-refractivity contribution in [3.05, 3.63) is 129 Å². The predicted molar refractivity (Wildman–Crippen MR) is 147 cm³/mol. The minimum absolute atomic E-state index is 0.0326. The van der Waals surface area contributed by atoms with Crippen LogP contribution in [0, 0.1) is 13.8 Å². The second-order valence-corrected chi connectivity index (χ2v) is 9.25. The van der Waals surface area contributed by atoms with E-state index >= 15 is 0 Å². The molecule has 9 heteroatoms. The first-order chi connectivity index (χ1) is 19.6. The number of esters is 2. The third kappa shape index (κ3) is 7.36. The second-order valence-electron chi connectivity index (χ2n) is 9.25. The molecule has 0 aliphatic rings. The molecule has 4 aromatic rings. The Morgan fingerprint density at radius 2 is 0.951 bits per heavy atom. The molecule has 0 unspecified atom stereocenters. The molecule has 4 aromatic carbocycles. The smallest absolute Gasteiger partial charge is 0.339 e. The monoisotopic (exact) mass is 554 g/mol.